The van der Waals surface area contributed by atoms with Crippen LogP contribution in [0.25, 0.3) is 5.65 Å². The van der Waals surface area contributed by atoms with Crippen molar-refractivity contribution in [3.8, 4) is 0 Å². The Morgan fingerprint density at radius 2 is 2.19 bits per heavy atom. The minimum absolute atomic E-state index is 0.152. The van der Waals surface area contributed by atoms with Gasteiger partial charge in [-0.25, -0.2) is 4.98 Å². The fourth-order valence-corrected chi connectivity index (χ4v) is 3.08. The highest BCUT2D eigenvalue weighted by Gasteiger charge is 2.25. The third-order valence-electron chi connectivity index (χ3n) is 4.38. The van der Waals surface area contributed by atoms with Crippen LogP contribution >= 0.6 is 0 Å². The second kappa shape index (κ2) is 5.85. The average Bonchev–Trinajstić information content (AvgIpc) is 2.90. The summed E-state index contributed by atoms with van der Waals surface area (Å²) in [6.07, 6.45) is 7.48. The molecule has 0 amide bonds. The van der Waals surface area contributed by atoms with Crippen molar-refractivity contribution < 1.29 is 9.90 Å². The maximum atomic E-state index is 10.9. The zero-order valence-electron chi connectivity index (χ0n) is 12.2. The molecule has 2 N–H and O–H groups in total. The number of carbonyl (C=O) groups is 1. The van der Waals surface area contributed by atoms with Crippen LogP contribution in [-0.4, -0.2) is 26.5 Å². The van der Waals surface area contributed by atoms with Gasteiger partial charge < -0.3 is 14.8 Å². The van der Waals surface area contributed by atoms with Crippen LogP contribution in [0.5, 0.6) is 0 Å². The number of pyridine rings is 1. The van der Waals surface area contributed by atoms with Gasteiger partial charge in [0.2, 0.25) is 0 Å². The lowest BCUT2D eigenvalue weighted by atomic mass is 9.86. The number of nitrogens with zero attached hydrogens (tertiary/aromatic N) is 2. The summed E-state index contributed by atoms with van der Waals surface area (Å²) in [5.74, 6) is -0.801. The molecule has 5 nitrogen and oxygen atoms in total. The molecule has 0 aromatic carbocycles. The van der Waals surface area contributed by atoms with E-state index < -0.39 is 5.97 Å². The molecule has 1 saturated carbocycles. The number of hydrogen-bond donors (Lipinski definition) is 2. The third-order valence-corrected chi connectivity index (χ3v) is 4.38. The predicted octanol–water partition coefficient (Wildman–Crippen LogP) is 2.38. The van der Waals surface area contributed by atoms with Crippen LogP contribution in [0.15, 0.2) is 24.5 Å². The lowest BCUT2D eigenvalue weighted by Crippen LogP contribution is -2.34. The van der Waals surface area contributed by atoms with Crippen molar-refractivity contribution in [2.45, 2.75) is 45.2 Å². The largest absolute Gasteiger partial charge is 0.481 e. The van der Waals surface area contributed by atoms with E-state index in [4.69, 9.17) is 5.11 Å². The number of rotatable bonds is 4. The molecule has 3 rings (SSSR count). The SMILES string of the molecule is Cc1cccn2cc(CNC3CCC(C(=O)O)CC3)nc12. The maximum Gasteiger partial charge on any atom is 0.306 e. The smallest absolute Gasteiger partial charge is 0.306 e. The molecule has 0 bridgehead atoms. The summed E-state index contributed by atoms with van der Waals surface area (Å²) in [5.41, 5.74) is 3.21. The van der Waals surface area contributed by atoms with E-state index in [1.807, 2.05) is 16.7 Å². The van der Waals surface area contributed by atoms with Crippen LogP contribution in [-0.2, 0) is 11.3 Å². The number of aromatic nitrogens is 2. The Bertz CT molecular complexity index is 642. The summed E-state index contributed by atoms with van der Waals surface area (Å²) in [4.78, 5) is 15.6. The number of fused-ring (bicyclic) bond motifs is 1. The van der Waals surface area contributed by atoms with Crippen LogP contribution in [0, 0.1) is 12.8 Å². The predicted molar refractivity (Wildman–Crippen MR) is 80.2 cm³/mol. The molecule has 0 spiro atoms. The normalized spacial score (nSPS) is 22.5. The molecule has 21 heavy (non-hydrogen) atoms. The molecule has 1 fully saturated rings. The average molecular weight is 287 g/mol. The van der Waals surface area contributed by atoms with E-state index in [2.05, 4.69) is 29.5 Å². The van der Waals surface area contributed by atoms with Crippen LogP contribution in [0.2, 0.25) is 0 Å². The molecule has 2 aromatic rings. The summed E-state index contributed by atoms with van der Waals surface area (Å²) in [5, 5.41) is 12.5. The van der Waals surface area contributed by atoms with E-state index in [-0.39, 0.29) is 5.92 Å². The second-order valence-corrected chi connectivity index (χ2v) is 5.92. The van der Waals surface area contributed by atoms with Gasteiger partial charge in [0.15, 0.2) is 0 Å². The topological polar surface area (TPSA) is 66.6 Å². The molecular weight excluding hydrogens is 266 g/mol. The summed E-state index contributed by atoms with van der Waals surface area (Å²) in [6.45, 7) is 2.80. The first kappa shape index (κ1) is 14.1. The maximum absolute atomic E-state index is 10.9. The molecule has 0 saturated heterocycles. The fraction of sp³-hybridized carbons (Fsp3) is 0.500. The van der Waals surface area contributed by atoms with Gasteiger partial charge in [0, 0.05) is 25.0 Å². The number of carboxylic acid groups (broad SMARTS) is 1. The number of aryl methyl sites for hydroxylation is 1. The Balaban J connectivity index is 1.57. The summed E-state index contributed by atoms with van der Waals surface area (Å²) in [7, 11) is 0. The quantitative estimate of drug-likeness (QED) is 0.906. The number of nitrogens with one attached hydrogen (secondary N) is 1. The van der Waals surface area contributed by atoms with Gasteiger partial charge in [-0.2, -0.15) is 0 Å². The van der Waals surface area contributed by atoms with Crippen molar-refractivity contribution in [1.82, 2.24) is 14.7 Å². The first-order chi connectivity index (χ1) is 10.1. The highest BCUT2D eigenvalue weighted by Crippen LogP contribution is 2.24. The zero-order valence-corrected chi connectivity index (χ0v) is 12.2. The molecule has 0 aliphatic heterocycles. The van der Waals surface area contributed by atoms with Crippen LogP contribution in [0.3, 0.4) is 0 Å². The van der Waals surface area contributed by atoms with Crippen molar-refractivity contribution >= 4 is 11.6 Å². The van der Waals surface area contributed by atoms with Crippen LogP contribution in [0.4, 0.5) is 0 Å². The minimum atomic E-state index is -0.649. The van der Waals surface area contributed by atoms with Gasteiger partial charge in [-0.3, -0.25) is 4.79 Å². The van der Waals surface area contributed by atoms with E-state index in [0.717, 1.165) is 43.6 Å². The van der Waals surface area contributed by atoms with E-state index in [9.17, 15) is 4.79 Å². The van der Waals surface area contributed by atoms with E-state index in [1.165, 1.54) is 5.56 Å². The molecule has 0 radical (unpaired) electrons. The van der Waals surface area contributed by atoms with Gasteiger partial charge in [0.1, 0.15) is 5.65 Å². The van der Waals surface area contributed by atoms with E-state index in [1.54, 1.807) is 0 Å². The Hall–Kier alpha value is -1.88. The Labute approximate surface area is 124 Å². The van der Waals surface area contributed by atoms with E-state index >= 15 is 0 Å². The molecule has 5 heteroatoms. The molecule has 1 aliphatic rings. The van der Waals surface area contributed by atoms with Crippen molar-refractivity contribution in [3.63, 3.8) is 0 Å². The first-order valence-electron chi connectivity index (χ1n) is 7.53. The lowest BCUT2D eigenvalue weighted by molar-refractivity contribution is -0.142. The number of imidazole rings is 1. The third kappa shape index (κ3) is 3.08. The van der Waals surface area contributed by atoms with Gasteiger partial charge in [-0.15, -0.1) is 0 Å². The Morgan fingerprint density at radius 3 is 2.86 bits per heavy atom. The van der Waals surface area contributed by atoms with Crippen molar-refractivity contribution in [2.24, 2.45) is 5.92 Å². The number of aliphatic carboxylic acids is 1. The highest BCUT2D eigenvalue weighted by atomic mass is 16.4. The Kier molecular flexibility index (Phi) is 3.92. The van der Waals surface area contributed by atoms with Crippen LogP contribution in [0.1, 0.15) is 36.9 Å². The van der Waals surface area contributed by atoms with Gasteiger partial charge in [-0.1, -0.05) is 6.07 Å². The van der Waals surface area contributed by atoms with E-state index in [0.29, 0.717) is 6.04 Å². The molecule has 0 unspecified atom stereocenters. The standard InChI is InChI=1S/C16H21N3O2/c1-11-3-2-8-19-10-14(18-15(11)19)9-17-13-6-4-12(5-7-13)16(20)21/h2-3,8,10,12-13,17H,4-7,9H2,1H3,(H,20,21). The number of hydrogen-bond acceptors (Lipinski definition) is 3. The molecule has 112 valence electrons. The van der Waals surface area contributed by atoms with Crippen molar-refractivity contribution in [2.75, 3.05) is 0 Å². The lowest BCUT2D eigenvalue weighted by Gasteiger charge is -2.26. The van der Waals surface area contributed by atoms with Gasteiger partial charge in [0.25, 0.3) is 0 Å². The Morgan fingerprint density at radius 1 is 1.43 bits per heavy atom. The molecule has 2 heterocycles. The highest BCUT2D eigenvalue weighted by molar-refractivity contribution is 5.70. The molecule has 2 aromatic heterocycles. The molecule has 0 atom stereocenters. The van der Waals surface area contributed by atoms with Crippen molar-refractivity contribution in [1.29, 1.82) is 0 Å². The summed E-state index contributed by atoms with van der Waals surface area (Å²) >= 11 is 0. The fourth-order valence-electron chi connectivity index (χ4n) is 3.08. The van der Waals surface area contributed by atoms with Gasteiger partial charge in [0.05, 0.1) is 11.6 Å². The van der Waals surface area contributed by atoms with Crippen LogP contribution < -0.4 is 5.32 Å². The van der Waals surface area contributed by atoms with Crippen molar-refractivity contribution in [3.05, 3.63) is 35.8 Å². The molecule has 1 aliphatic carbocycles. The minimum Gasteiger partial charge on any atom is -0.481 e. The monoisotopic (exact) mass is 287 g/mol. The summed E-state index contributed by atoms with van der Waals surface area (Å²) in [6, 6.07) is 4.49. The summed E-state index contributed by atoms with van der Waals surface area (Å²) < 4.78 is 2.05. The molecular formula is C16H21N3O2. The van der Waals surface area contributed by atoms with Gasteiger partial charge in [-0.05, 0) is 44.2 Å². The zero-order chi connectivity index (χ0) is 14.8. The second-order valence-electron chi connectivity index (χ2n) is 5.92. The van der Waals surface area contributed by atoms with Gasteiger partial charge >= 0.3 is 5.97 Å². The first-order valence-corrected chi connectivity index (χ1v) is 7.53. The number of carboxylic acids is 1.